The van der Waals surface area contributed by atoms with Crippen LogP contribution in [0.1, 0.15) is 15.3 Å². The molecule has 0 rings (SSSR count). The molecule has 0 fully saturated rings. The van der Waals surface area contributed by atoms with Gasteiger partial charge in [0.15, 0.2) is 0 Å². The summed E-state index contributed by atoms with van der Waals surface area (Å²) in [6, 6.07) is 0. The molecule has 0 unspecified atom stereocenters. The van der Waals surface area contributed by atoms with Crippen molar-refractivity contribution in [1.82, 2.24) is 0 Å². The second-order valence-electron chi connectivity index (χ2n) is 1.69. The van der Waals surface area contributed by atoms with Gasteiger partial charge in [0.2, 0.25) is 0 Å². The van der Waals surface area contributed by atoms with Gasteiger partial charge < -0.3 is 25.7 Å². The van der Waals surface area contributed by atoms with Crippen molar-refractivity contribution in [3.8, 4) is 0 Å². The molecule has 0 atom stereocenters. The smallest absolute Gasteiger partial charge is 1.00 e. The number of aliphatic hydroxyl groups is 1. The van der Waals surface area contributed by atoms with Crippen LogP contribution in [0.25, 0.3) is 0 Å². The van der Waals surface area contributed by atoms with Crippen LogP contribution in [0.4, 0.5) is 0 Å². The zero-order valence-corrected chi connectivity index (χ0v) is 9.31. The van der Waals surface area contributed by atoms with Crippen LogP contribution >= 0.6 is 0 Å². The monoisotopic (exact) mass is 180 g/mol. The van der Waals surface area contributed by atoms with Gasteiger partial charge in [0.1, 0.15) is 0 Å². The molecule has 5 N–H and O–H groups in total. The Balaban J connectivity index is -0.0000000383. The van der Waals surface area contributed by atoms with E-state index < -0.39 is 9.05 Å². The summed E-state index contributed by atoms with van der Waals surface area (Å²) < 4.78 is 0. The molecule has 0 bridgehead atoms. The average Bonchev–Trinajstić information content (AvgIpc) is 1.19. The van der Waals surface area contributed by atoms with Gasteiger partial charge in [-0.2, -0.15) is 0 Å². The number of aliphatic hydroxyl groups excluding tert-OH is 1. The third-order valence-electron chi connectivity index (χ3n) is 0. The standard InChI is InChI=1S/C3H8O.Na.H4O4Si.H/c1-3(2)4;;1-5(2,3)4;/h3-4H,1-2H3;;1-4H;/q;+1;;-1. The Morgan fingerprint density at radius 1 is 1.10 bits per heavy atom. The molecule has 0 aliphatic carbocycles. The molecule has 0 saturated heterocycles. The summed E-state index contributed by atoms with van der Waals surface area (Å²) in [4.78, 5) is 29.3. The first kappa shape index (κ1) is 17.2. The van der Waals surface area contributed by atoms with Crippen molar-refractivity contribution in [2.75, 3.05) is 0 Å². The largest absolute Gasteiger partial charge is 1.00 e. The first-order chi connectivity index (χ1) is 3.73. The Bertz CT molecular complexity index is 58.5. The molecular formula is C3H13NaO5Si. The molecule has 60 valence electrons. The number of hydrogen-bond donors (Lipinski definition) is 5. The summed E-state index contributed by atoms with van der Waals surface area (Å²) >= 11 is 0. The summed E-state index contributed by atoms with van der Waals surface area (Å²) in [6.07, 6.45) is -0.167. The van der Waals surface area contributed by atoms with Crippen molar-refractivity contribution in [2.24, 2.45) is 0 Å². The van der Waals surface area contributed by atoms with Crippen molar-refractivity contribution < 1.29 is 55.3 Å². The molecule has 0 aromatic carbocycles. The fourth-order valence-corrected chi connectivity index (χ4v) is 0. The number of rotatable bonds is 0. The van der Waals surface area contributed by atoms with Crippen molar-refractivity contribution in [1.29, 1.82) is 0 Å². The predicted octanol–water partition coefficient (Wildman–Crippen LogP) is -5.11. The van der Waals surface area contributed by atoms with Crippen LogP contribution in [-0.2, 0) is 0 Å². The van der Waals surface area contributed by atoms with E-state index in [0.29, 0.717) is 0 Å². The molecule has 0 aliphatic rings. The maximum atomic E-state index is 8.06. The quantitative estimate of drug-likeness (QED) is 0.240. The van der Waals surface area contributed by atoms with E-state index in [1.54, 1.807) is 13.8 Å². The van der Waals surface area contributed by atoms with E-state index in [2.05, 4.69) is 0 Å². The Morgan fingerprint density at radius 2 is 1.10 bits per heavy atom. The summed E-state index contributed by atoms with van der Waals surface area (Å²) in [5, 5.41) is 8.06. The molecule has 10 heavy (non-hydrogen) atoms. The van der Waals surface area contributed by atoms with Crippen LogP contribution in [0.2, 0.25) is 0 Å². The van der Waals surface area contributed by atoms with Crippen LogP contribution in [0.5, 0.6) is 0 Å². The van der Waals surface area contributed by atoms with E-state index in [-0.39, 0.29) is 37.1 Å². The van der Waals surface area contributed by atoms with Crippen LogP contribution in [-0.4, -0.2) is 39.4 Å². The Hall–Kier alpha value is 1.02. The van der Waals surface area contributed by atoms with Gasteiger partial charge in [-0.1, -0.05) is 0 Å². The molecule has 0 aromatic heterocycles. The van der Waals surface area contributed by atoms with Crippen LogP contribution < -0.4 is 29.6 Å². The predicted molar refractivity (Wildman–Crippen MR) is 33.1 cm³/mol. The number of hydrogen-bond acceptors (Lipinski definition) is 5. The van der Waals surface area contributed by atoms with Crippen LogP contribution in [0.15, 0.2) is 0 Å². The molecular weight excluding hydrogens is 167 g/mol. The van der Waals surface area contributed by atoms with Gasteiger partial charge in [-0.3, -0.25) is 0 Å². The topological polar surface area (TPSA) is 101 Å². The molecule has 0 heterocycles. The third kappa shape index (κ3) is 560. The Kier molecular flexibility index (Phi) is 14.0. The first-order valence-electron chi connectivity index (χ1n) is 2.31. The Morgan fingerprint density at radius 3 is 1.10 bits per heavy atom. The molecule has 0 aromatic rings. The molecule has 0 spiro atoms. The van der Waals surface area contributed by atoms with Crippen molar-refractivity contribution in [3.63, 3.8) is 0 Å². The molecule has 5 nitrogen and oxygen atoms in total. The van der Waals surface area contributed by atoms with E-state index in [9.17, 15) is 0 Å². The third-order valence-corrected chi connectivity index (χ3v) is 0. The van der Waals surface area contributed by atoms with Gasteiger partial charge >= 0.3 is 38.6 Å². The van der Waals surface area contributed by atoms with Gasteiger partial charge in [-0.05, 0) is 13.8 Å². The minimum absolute atomic E-state index is 0. The summed E-state index contributed by atoms with van der Waals surface area (Å²) in [5.41, 5.74) is 0. The first-order valence-corrected chi connectivity index (χ1v) is 4.10. The van der Waals surface area contributed by atoms with Crippen molar-refractivity contribution >= 4 is 9.05 Å². The van der Waals surface area contributed by atoms with Gasteiger partial charge in [-0.25, -0.2) is 0 Å². The minimum atomic E-state index is -4.61. The zero-order chi connectivity index (χ0) is 8.08. The second kappa shape index (κ2) is 8.12. The van der Waals surface area contributed by atoms with Crippen LogP contribution in [0, 0.1) is 0 Å². The second-order valence-corrected chi connectivity index (χ2v) is 2.89. The van der Waals surface area contributed by atoms with Crippen molar-refractivity contribution in [2.45, 2.75) is 20.0 Å². The van der Waals surface area contributed by atoms with Gasteiger partial charge in [0.25, 0.3) is 0 Å². The minimum Gasteiger partial charge on any atom is -1.00 e. The summed E-state index contributed by atoms with van der Waals surface area (Å²) in [7, 11) is -4.61. The van der Waals surface area contributed by atoms with E-state index in [1.807, 2.05) is 0 Å². The maximum absolute atomic E-state index is 8.06. The molecule has 0 radical (unpaired) electrons. The maximum Gasteiger partial charge on any atom is 1.00 e. The van der Waals surface area contributed by atoms with E-state index in [4.69, 9.17) is 24.3 Å². The summed E-state index contributed by atoms with van der Waals surface area (Å²) in [5.74, 6) is 0. The molecule has 7 heteroatoms. The van der Waals surface area contributed by atoms with Crippen molar-refractivity contribution in [3.05, 3.63) is 0 Å². The average molecular weight is 180 g/mol. The van der Waals surface area contributed by atoms with Gasteiger partial charge in [0.05, 0.1) is 0 Å². The SMILES string of the molecule is CC(C)O.O[Si](O)(O)O.[H-].[Na+]. The normalized spacial score (nSPS) is 9.60. The van der Waals surface area contributed by atoms with Crippen LogP contribution in [0.3, 0.4) is 0 Å². The van der Waals surface area contributed by atoms with Gasteiger partial charge in [-0.15, -0.1) is 0 Å². The van der Waals surface area contributed by atoms with Gasteiger partial charge in [0, 0.05) is 6.10 Å². The van der Waals surface area contributed by atoms with E-state index in [0.717, 1.165) is 0 Å². The molecule has 0 aliphatic heterocycles. The fraction of sp³-hybridized carbons (Fsp3) is 1.00. The summed E-state index contributed by atoms with van der Waals surface area (Å²) in [6.45, 7) is 3.44. The molecule has 0 saturated carbocycles. The van der Waals surface area contributed by atoms with E-state index in [1.165, 1.54) is 0 Å². The van der Waals surface area contributed by atoms with E-state index >= 15 is 0 Å². The zero-order valence-electron chi connectivity index (χ0n) is 7.31. The fourth-order valence-electron chi connectivity index (χ4n) is 0. The Labute approximate surface area is 84.2 Å². The molecule has 0 amide bonds.